The van der Waals surface area contributed by atoms with Gasteiger partial charge >= 0.3 is 0 Å². The van der Waals surface area contributed by atoms with E-state index in [0.29, 0.717) is 17.8 Å². The highest BCUT2D eigenvalue weighted by Crippen LogP contribution is 2.48. The lowest BCUT2D eigenvalue weighted by Crippen LogP contribution is -2.73. The van der Waals surface area contributed by atoms with Crippen molar-refractivity contribution in [2.45, 2.75) is 43.2 Å². The first-order valence-corrected chi connectivity index (χ1v) is 6.91. The van der Waals surface area contributed by atoms with Crippen LogP contribution in [0.15, 0.2) is 6.07 Å². The van der Waals surface area contributed by atoms with Crippen LogP contribution in [0, 0.1) is 5.92 Å². The molecule has 2 unspecified atom stereocenters. The molecule has 1 saturated carbocycles. The maximum Gasteiger partial charge on any atom is 0.145 e. The van der Waals surface area contributed by atoms with Gasteiger partial charge in [-0.25, -0.2) is 0 Å². The lowest BCUT2D eigenvalue weighted by Gasteiger charge is -2.56. The molecular formula is C13H20N4O. The minimum atomic E-state index is 0.281. The minimum absolute atomic E-state index is 0.281. The number of hydrogen-bond acceptors (Lipinski definition) is 4. The van der Waals surface area contributed by atoms with E-state index in [4.69, 9.17) is 10.5 Å². The normalized spacial score (nSPS) is 42.8. The van der Waals surface area contributed by atoms with Crippen molar-refractivity contribution in [1.82, 2.24) is 15.5 Å². The van der Waals surface area contributed by atoms with Crippen LogP contribution in [0.3, 0.4) is 0 Å². The number of nitrogens with one attached hydrogen (secondary N) is 2. The zero-order chi connectivity index (χ0) is 12.2. The fraction of sp³-hybridized carbons (Fsp3) is 0.769. The highest BCUT2D eigenvalue weighted by Gasteiger charge is 2.53. The van der Waals surface area contributed by atoms with Crippen molar-refractivity contribution in [3.8, 4) is 0 Å². The molecule has 0 amide bonds. The molecule has 1 aromatic heterocycles. The van der Waals surface area contributed by atoms with Crippen LogP contribution in [-0.4, -0.2) is 35.0 Å². The third-order valence-corrected chi connectivity index (χ3v) is 5.05. The molecule has 4 heterocycles. The summed E-state index contributed by atoms with van der Waals surface area (Å²) in [4.78, 5) is 0. The summed E-state index contributed by atoms with van der Waals surface area (Å²) in [6.07, 6.45) is 5.05. The summed E-state index contributed by atoms with van der Waals surface area (Å²) < 4.78 is 5.69. The van der Waals surface area contributed by atoms with Crippen LogP contribution in [0.2, 0.25) is 0 Å². The Balaban J connectivity index is 1.47. The third kappa shape index (κ3) is 1.50. The van der Waals surface area contributed by atoms with Crippen LogP contribution in [0.5, 0.6) is 0 Å². The van der Waals surface area contributed by atoms with E-state index in [0.717, 1.165) is 19.1 Å². The van der Waals surface area contributed by atoms with E-state index in [9.17, 15) is 0 Å². The number of morpholine rings is 1. The van der Waals surface area contributed by atoms with E-state index in [1.807, 2.05) is 6.07 Å². The Bertz CT molecular complexity index is 446. The number of aromatic nitrogens is 2. The highest BCUT2D eigenvalue weighted by atomic mass is 16.5. The summed E-state index contributed by atoms with van der Waals surface area (Å²) in [6, 6.07) is 2.60. The van der Waals surface area contributed by atoms with Crippen molar-refractivity contribution >= 4 is 5.82 Å². The summed E-state index contributed by atoms with van der Waals surface area (Å²) in [5.74, 6) is 1.94. The van der Waals surface area contributed by atoms with Crippen LogP contribution in [-0.2, 0) is 4.74 Å². The number of nitrogen functional groups attached to an aromatic ring is 1. The summed E-state index contributed by atoms with van der Waals surface area (Å²) in [7, 11) is 0. The molecule has 4 N–H and O–H groups in total. The number of anilines is 1. The zero-order valence-electron chi connectivity index (χ0n) is 10.5. The third-order valence-electron chi connectivity index (χ3n) is 5.05. The Morgan fingerprint density at radius 3 is 3.00 bits per heavy atom. The maximum absolute atomic E-state index is 5.69. The Hall–Kier alpha value is -1.07. The number of nitrogens with zero attached hydrogens (tertiary/aromatic N) is 1. The van der Waals surface area contributed by atoms with E-state index >= 15 is 0 Å². The van der Waals surface area contributed by atoms with Gasteiger partial charge in [0.25, 0.3) is 0 Å². The van der Waals surface area contributed by atoms with E-state index < -0.39 is 0 Å². The predicted octanol–water partition coefficient (Wildman–Crippen LogP) is 1.01. The van der Waals surface area contributed by atoms with Crippen molar-refractivity contribution in [2.75, 3.05) is 18.9 Å². The zero-order valence-corrected chi connectivity index (χ0v) is 10.5. The van der Waals surface area contributed by atoms with Gasteiger partial charge in [0.1, 0.15) is 5.82 Å². The molecule has 4 atom stereocenters. The van der Waals surface area contributed by atoms with Gasteiger partial charge < -0.3 is 15.8 Å². The van der Waals surface area contributed by atoms with E-state index in [1.165, 1.54) is 31.4 Å². The van der Waals surface area contributed by atoms with Crippen molar-refractivity contribution in [3.05, 3.63) is 11.8 Å². The quantitative estimate of drug-likeness (QED) is 0.730. The van der Waals surface area contributed by atoms with Gasteiger partial charge in [0.05, 0.1) is 13.2 Å². The molecule has 5 rings (SSSR count). The fourth-order valence-electron chi connectivity index (χ4n) is 4.14. The summed E-state index contributed by atoms with van der Waals surface area (Å²) >= 11 is 0. The second-order valence-electron chi connectivity index (χ2n) is 6.17. The SMILES string of the molecule is Nc1cc([C@H]2CCC([C@@]34COCC(C3)N4)C2)[nH]n1. The lowest BCUT2D eigenvalue weighted by atomic mass is 9.70. The summed E-state index contributed by atoms with van der Waals surface area (Å²) in [6.45, 7) is 1.79. The van der Waals surface area contributed by atoms with Crippen LogP contribution in [0.25, 0.3) is 0 Å². The topological polar surface area (TPSA) is 76.0 Å². The smallest absolute Gasteiger partial charge is 0.145 e. The number of ether oxygens (including phenoxy) is 1. The van der Waals surface area contributed by atoms with Crippen LogP contribution < -0.4 is 11.1 Å². The van der Waals surface area contributed by atoms with Gasteiger partial charge in [0, 0.05) is 29.3 Å². The first-order valence-electron chi connectivity index (χ1n) is 6.91. The highest BCUT2D eigenvalue weighted by molar-refractivity contribution is 5.31. The Kier molecular flexibility index (Phi) is 2.23. The minimum Gasteiger partial charge on any atom is -0.382 e. The molecule has 4 fully saturated rings. The van der Waals surface area contributed by atoms with Crippen LogP contribution in [0.4, 0.5) is 5.82 Å². The average molecular weight is 248 g/mol. The molecule has 0 aromatic carbocycles. The van der Waals surface area contributed by atoms with E-state index in [2.05, 4.69) is 15.5 Å². The molecule has 0 radical (unpaired) electrons. The van der Waals surface area contributed by atoms with Crippen molar-refractivity contribution in [2.24, 2.45) is 5.92 Å². The summed E-state index contributed by atoms with van der Waals surface area (Å²) in [5.41, 5.74) is 7.17. The monoisotopic (exact) mass is 248 g/mol. The Morgan fingerprint density at radius 2 is 2.33 bits per heavy atom. The van der Waals surface area contributed by atoms with Crippen molar-refractivity contribution in [3.63, 3.8) is 0 Å². The number of fused-ring (bicyclic) bond motifs is 2. The van der Waals surface area contributed by atoms with Gasteiger partial charge in [0.15, 0.2) is 0 Å². The molecule has 4 aliphatic rings. The first kappa shape index (κ1) is 10.8. The van der Waals surface area contributed by atoms with Gasteiger partial charge in [0.2, 0.25) is 0 Å². The first-order chi connectivity index (χ1) is 8.75. The van der Waals surface area contributed by atoms with Crippen LogP contribution in [0.1, 0.15) is 37.3 Å². The molecule has 18 heavy (non-hydrogen) atoms. The van der Waals surface area contributed by atoms with Gasteiger partial charge in [-0.1, -0.05) is 0 Å². The number of rotatable bonds is 2. The Labute approximate surface area is 106 Å². The molecule has 5 heteroatoms. The number of H-pyrrole nitrogens is 1. The Morgan fingerprint density at radius 1 is 1.44 bits per heavy atom. The molecule has 5 nitrogen and oxygen atoms in total. The lowest BCUT2D eigenvalue weighted by molar-refractivity contribution is -0.103. The molecule has 98 valence electrons. The number of nitrogens with two attached hydrogens (primary N) is 1. The molecule has 2 bridgehead atoms. The van der Waals surface area contributed by atoms with Gasteiger partial charge in [-0.2, -0.15) is 5.10 Å². The van der Waals surface area contributed by atoms with Gasteiger partial charge in [-0.15, -0.1) is 0 Å². The summed E-state index contributed by atoms with van der Waals surface area (Å²) in [5, 5.41) is 10.8. The van der Waals surface area contributed by atoms with E-state index in [1.54, 1.807) is 0 Å². The van der Waals surface area contributed by atoms with E-state index in [-0.39, 0.29) is 5.54 Å². The van der Waals surface area contributed by atoms with Crippen molar-refractivity contribution in [1.29, 1.82) is 0 Å². The molecular weight excluding hydrogens is 228 g/mol. The second kappa shape index (κ2) is 3.71. The largest absolute Gasteiger partial charge is 0.382 e. The standard InChI is InChI=1S/C13H20N4O/c14-12-4-11(16-17-12)8-1-2-9(3-8)13-5-10(15-13)6-18-7-13/h4,8-10,15H,1-3,5-7H2,(H3,14,16,17)/t8-,9?,10?,13-/m0/s1. The van der Waals surface area contributed by atoms with Gasteiger partial charge in [-0.3, -0.25) is 5.10 Å². The molecule has 1 aromatic rings. The predicted molar refractivity (Wildman–Crippen MR) is 68.2 cm³/mol. The maximum atomic E-state index is 5.69. The van der Waals surface area contributed by atoms with Crippen molar-refractivity contribution < 1.29 is 4.74 Å². The fourth-order valence-corrected chi connectivity index (χ4v) is 4.14. The molecule has 0 spiro atoms. The number of hydrogen-bond donors (Lipinski definition) is 3. The molecule has 3 saturated heterocycles. The van der Waals surface area contributed by atoms with Crippen LogP contribution >= 0.6 is 0 Å². The molecule has 3 aliphatic heterocycles. The average Bonchev–Trinajstić information content (AvgIpc) is 2.97. The second-order valence-corrected chi connectivity index (χ2v) is 6.17. The number of aromatic amines is 1. The van der Waals surface area contributed by atoms with Gasteiger partial charge in [-0.05, 0) is 31.6 Å². The molecule has 1 aliphatic carbocycles.